The minimum absolute atomic E-state index is 0.0238. The van der Waals surface area contributed by atoms with E-state index in [1.807, 2.05) is 18.2 Å². The lowest BCUT2D eigenvalue weighted by atomic mass is 9.91. The molecule has 1 aromatic carbocycles. The molecule has 18 heavy (non-hydrogen) atoms. The average Bonchev–Trinajstić information content (AvgIpc) is 2.34. The van der Waals surface area contributed by atoms with Crippen molar-refractivity contribution in [2.45, 2.75) is 40.0 Å². The zero-order valence-electron chi connectivity index (χ0n) is 11.8. The Labute approximate surface area is 111 Å². The van der Waals surface area contributed by atoms with E-state index < -0.39 is 0 Å². The van der Waals surface area contributed by atoms with Crippen LogP contribution in [0.4, 0.5) is 0 Å². The van der Waals surface area contributed by atoms with Gasteiger partial charge < -0.3 is 5.73 Å². The number of Topliss-reactive ketones (excluding diaryl/α,β-unsaturated/α-hetero) is 1. The van der Waals surface area contributed by atoms with E-state index >= 15 is 0 Å². The second kappa shape index (κ2) is 7.32. The molecule has 0 fully saturated rings. The smallest absolute Gasteiger partial charge is 0.167 e. The van der Waals surface area contributed by atoms with Crippen LogP contribution in [0.2, 0.25) is 0 Å². The molecule has 0 aromatic heterocycles. The Balaban J connectivity index is 2.84. The molecule has 0 radical (unpaired) electrons. The van der Waals surface area contributed by atoms with Gasteiger partial charge in [0.05, 0.1) is 0 Å². The largest absolute Gasteiger partial charge is 0.330 e. The number of ketones is 1. The van der Waals surface area contributed by atoms with E-state index in [1.165, 1.54) is 5.56 Å². The summed E-state index contributed by atoms with van der Waals surface area (Å²) in [4.78, 5) is 12.3. The zero-order valence-corrected chi connectivity index (χ0v) is 11.8. The predicted molar refractivity (Wildman–Crippen MR) is 76.8 cm³/mol. The molecular formula is C16H25NO. The first kappa shape index (κ1) is 14.9. The standard InChI is InChI=1S/C16H25NO/c1-4-6-15(11-17)16(18)14-8-5-7-13(10-14)9-12(2)3/h5,7-8,10,12,15H,4,6,9,11,17H2,1-3H3. The third-order valence-electron chi connectivity index (χ3n) is 3.15. The number of nitrogens with two attached hydrogens (primary N) is 1. The molecular weight excluding hydrogens is 222 g/mol. The molecule has 0 amide bonds. The molecule has 0 bridgehead atoms. The first-order valence-electron chi connectivity index (χ1n) is 6.91. The van der Waals surface area contributed by atoms with Gasteiger partial charge in [0.2, 0.25) is 0 Å². The van der Waals surface area contributed by atoms with Gasteiger partial charge in [-0.15, -0.1) is 0 Å². The Morgan fingerprint density at radius 2 is 2.06 bits per heavy atom. The molecule has 0 saturated heterocycles. The van der Waals surface area contributed by atoms with Crippen LogP contribution in [0, 0.1) is 11.8 Å². The fraction of sp³-hybridized carbons (Fsp3) is 0.562. The second-order valence-corrected chi connectivity index (χ2v) is 5.38. The summed E-state index contributed by atoms with van der Waals surface area (Å²) < 4.78 is 0. The van der Waals surface area contributed by atoms with Gasteiger partial charge in [0.1, 0.15) is 0 Å². The van der Waals surface area contributed by atoms with Gasteiger partial charge >= 0.3 is 0 Å². The first-order valence-corrected chi connectivity index (χ1v) is 6.91. The Kier molecular flexibility index (Phi) is 6.06. The van der Waals surface area contributed by atoms with Crippen molar-refractivity contribution < 1.29 is 4.79 Å². The molecule has 0 spiro atoms. The highest BCUT2D eigenvalue weighted by atomic mass is 16.1. The Hall–Kier alpha value is -1.15. The average molecular weight is 247 g/mol. The van der Waals surface area contributed by atoms with E-state index in [9.17, 15) is 4.79 Å². The molecule has 0 saturated carbocycles. The summed E-state index contributed by atoms with van der Waals surface area (Å²) in [6.45, 7) is 6.91. The van der Waals surface area contributed by atoms with Crippen molar-refractivity contribution >= 4 is 5.78 Å². The summed E-state index contributed by atoms with van der Waals surface area (Å²) in [7, 11) is 0. The topological polar surface area (TPSA) is 43.1 Å². The number of benzene rings is 1. The van der Waals surface area contributed by atoms with Crippen LogP contribution < -0.4 is 5.73 Å². The monoisotopic (exact) mass is 247 g/mol. The lowest BCUT2D eigenvalue weighted by Gasteiger charge is -2.13. The maximum Gasteiger partial charge on any atom is 0.167 e. The highest BCUT2D eigenvalue weighted by Gasteiger charge is 2.17. The summed E-state index contributed by atoms with van der Waals surface area (Å²) in [5, 5.41) is 0. The number of carbonyl (C=O) groups excluding carboxylic acids is 1. The number of rotatable bonds is 7. The lowest BCUT2D eigenvalue weighted by Crippen LogP contribution is -2.23. The van der Waals surface area contributed by atoms with Crippen LogP contribution in [0.25, 0.3) is 0 Å². The van der Waals surface area contributed by atoms with E-state index in [2.05, 4.69) is 26.8 Å². The van der Waals surface area contributed by atoms with Crippen molar-refractivity contribution in [3.63, 3.8) is 0 Å². The van der Waals surface area contributed by atoms with Crippen LogP contribution in [-0.2, 0) is 6.42 Å². The van der Waals surface area contributed by atoms with Gasteiger partial charge in [-0.1, -0.05) is 45.4 Å². The van der Waals surface area contributed by atoms with Crippen molar-refractivity contribution in [2.75, 3.05) is 6.54 Å². The van der Waals surface area contributed by atoms with Crippen LogP contribution in [0.5, 0.6) is 0 Å². The molecule has 0 aliphatic heterocycles. The summed E-state index contributed by atoms with van der Waals surface area (Å²) >= 11 is 0. The summed E-state index contributed by atoms with van der Waals surface area (Å²) in [6, 6.07) is 8.00. The number of carbonyl (C=O) groups is 1. The van der Waals surface area contributed by atoms with Crippen LogP contribution in [0.3, 0.4) is 0 Å². The van der Waals surface area contributed by atoms with Crippen LogP contribution in [0.1, 0.15) is 49.5 Å². The lowest BCUT2D eigenvalue weighted by molar-refractivity contribution is 0.0917. The van der Waals surface area contributed by atoms with Gasteiger partial charge in [-0.25, -0.2) is 0 Å². The van der Waals surface area contributed by atoms with E-state index in [0.29, 0.717) is 12.5 Å². The SMILES string of the molecule is CCCC(CN)C(=O)c1cccc(CC(C)C)c1. The highest BCUT2D eigenvalue weighted by molar-refractivity contribution is 5.98. The maximum atomic E-state index is 12.3. The first-order chi connectivity index (χ1) is 8.58. The van der Waals surface area contributed by atoms with Gasteiger partial charge in [-0.2, -0.15) is 0 Å². The van der Waals surface area contributed by atoms with E-state index in [-0.39, 0.29) is 11.7 Å². The van der Waals surface area contributed by atoms with E-state index in [4.69, 9.17) is 5.73 Å². The molecule has 1 aromatic rings. The molecule has 2 nitrogen and oxygen atoms in total. The molecule has 100 valence electrons. The number of hydrogen-bond donors (Lipinski definition) is 1. The Morgan fingerprint density at radius 1 is 1.33 bits per heavy atom. The van der Waals surface area contributed by atoms with E-state index in [1.54, 1.807) is 0 Å². The van der Waals surface area contributed by atoms with Gasteiger partial charge in [0, 0.05) is 18.0 Å². The molecule has 0 aliphatic carbocycles. The zero-order chi connectivity index (χ0) is 13.5. The fourth-order valence-electron chi connectivity index (χ4n) is 2.26. The van der Waals surface area contributed by atoms with Crippen molar-refractivity contribution in [1.82, 2.24) is 0 Å². The quantitative estimate of drug-likeness (QED) is 0.750. The van der Waals surface area contributed by atoms with Crippen molar-refractivity contribution in [3.05, 3.63) is 35.4 Å². The van der Waals surface area contributed by atoms with E-state index in [0.717, 1.165) is 24.8 Å². The van der Waals surface area contributed by atoms with Crippen molar-refractivity contribution in [3.8, 4) is 0 Å². The van der Waals surface area contributed by atoms with Gasteiger partial charge in [-0.3, -0.25) is 4.79 Å². The van der Waals surface area contributed by atoms with Crippen LogP contribution in [-0.4, -0.2) is 12.3 Å². The number of hydrogen-bond acceptors (Lipinski definition) is 2. The molecule has 0 heterocycles. The van der Waals surface area contributed by atoms with Gasteiger partial charge in [0.25, 0.3) is 0 Å². The third kappa shape index (κ3) is 4.26. The maximum absolute atomic E-state index is 12.3. The van der Waals surface area contributed by atoms with Crippen LogP contribution >= 0.6 is 0 Å². The second-order valence-electron chi connectivity index (χ2n) is 5.38. The predicted octanol–water partition coefficient (Wildman–Crippen LogP) is 3.44. The summed E-state index contributed by atoms with van der Waals surface area (Å²) in [5.41, 5.74) is 7.75. The van der Waals surface area contributed by atoms with Crippen molar-refractivity contribution in [2.24, 2.45) is 17.6 Å². The molecule has 2 heteroatoms. The third-order valence-corrected chi connectivity index (χ3v) is 3.15. The van der Waals surface area contributed by atoms with Gasteiger partial charge in [0.15, 0.2) is 5.78 Å². The minimum atomic E-state index is -0.0238. The van der Waals surface area contributed by atoms with Gasteiger partial charge in [-0.05, 0) is 30.4 Å². The van der Waals surface area contributed by atoms with Crippen LogP contribution in [0.15, 0.2) is 24.3 Å². The Morgan fingerprint density at radius 3 is 2.61 bits per heavy atom. The van der Waals surface area contributed by atoms with Crippen molar-refractivity contribution in [1.29, 1.82) is 0 Å². The fourth-order valence-corrected chi connectivity index (χ4v) is 2.26. The molecule has 1 unspecified atom stereocenters. The Bertz CT molecular complexity index is 384. The summed E-state index contributed by atoms with van der Waals surface area (Å²) in [6.07, 6.45) is 2.89. The molecule has 1 atom stereocenters. The molecule has 1 rings (SSSR count). The minimum Gasteiger partial charge on any atom is -0.330 e. The molecule has 0 aliphatic rings. The normalized spacial score (nSPS) is 12.7. The summed E-state index contributed by atoms with van der Waals surface area (Å²) in [5.74, 6) is 0.783. The molecule has 2 N–H and O–H groups in total. The highest BCUT2D eigenvalue weighted by Crippen LogP contribution is 2.16.